The van der Waals surface area contributed by atoms with E-state index in [9.17, 15) is 5.11 Å². The van der Waals surface area contributed by atoms with Crippen LogP contribution >= 0.6 is 0 Å². The topological polar surface area (TPSA) is 68.1 Å². The van der Waals surface area contributed by atoms with E-state index >= 15 is 0 Å². The molecular weight excluding hydrogens is 242 g/mol. The Bertz CT molecular complexity index is 558. The second-order valence-corrected chi connectivity index (χ2v) is 4.55. The number of aryl methyl sites for hydroxylation is 1. The zero-order valence-corrected chi connectivity index (χ0v) is 11.2. The predicted octanol–water partition coefficient (Wildman–Crippen LogP) is 2.05. The van der Waals surface area contributed by atoms with Gasteiger partial charge in [-0.2, -0.15) is 0 Å². The van der Waals surface area contributed by atoms with Crippen molar-refractivity contribution < 1.29 is 9.84 Å². The van der Waals surface area contributed by atoms with Gasteiger partial charge in [0.25, 0.3) is 0 Å². The zero-order valence-electron chi connectivity index (χ0n) is 11.2. The second kappa shape index (κ2) is 5.75. The number of aromatic nitrogens is 3. The maximum absolute atomic E-state index is 10.3. The molecule has 1 N–H and O–H groups in total. The highest BCUT2D eigenvalue weighted by Gasteiger charge is 2.14. The molecular formula is C14H17N3O2. The largest absolute Gasteiger partial charge is 0.489 e. The summed E-state index contributed by atoms with van der Waals surface area (Å²) in [5.74, 6) is 1.26. The number of ether oxygens (including phenoxy) is 1. The van der Waals surface area contributed by atoms with Gasteiger partial charge in [0.1, 0.15) is 17.7 Å². The Labute approximate surface area is 112 Å². The average Bonchev–Trinajstić information content (AvgIpc) is 2.37. The molecule has 0 fully saturated rings. The van der Waals surface area contributed by atoms with Crippen molar-refractivity contribution in [1.29, 1.82) is 0 Å². The summed E-state index contributed by atoms with van der Waals surface area (Å²) < 4.78 is 5.56. The van der Waals surface area contributed by atoms with Crippen molar-refractivity contribution in [1.82, 2.24) is 15.0 Å². The summed E-state index contributed by atoms with van der Waals surface area (Å²) in [6.07, 6.45) is 4.10. The molecule has 0 saturated heterocycles. The van der Waals surface area contributed by atoms with E-state index in [1.165, 1.54) is 0 Å². The van der Waals surface area contributed by atoms with Gasteiger partial charge in [-0.25, -0.2) is 9.97 Å². The molecule has 0 aliphatic rings. The SMILES string of the molecule is Cc1nccc(C(O)c2cncc(OC(C)C)c2)n1. The van der Waals surface area contributed by atoms with Gasteiger partial charge in [0.15, 0.2) is 0 Å². The average molecular weight is 259 g/mol. The Kier molecular flexibility index (Phi) is 4.06. The molecule has 0 saturated carbocycles. The molecule has 2 rings (SSSR count). The van der Waals surface area contributed by atoms with E-state index < -0.39 is 6.10 Å². The third kappa shape index (κ3) is 3.48. The molecule has 0 aliphatic carbocycles. The molecule has 0 radical (unpaired) electrons. The lowest BCUT2D eigenvalue weighted by Gasteiger charge is -2.13. The van der Waals surface area contributed by atoms with Gasteiger partial charge in [0.05, 0.1) is 18.0 Å². The van der Waals surface area contributed by atoms with E-state index in [2.05, 4.69) is 15.0 Å². The molecule has 5 heteroatoms. The van der Waals surface area contributed by atoms with E-state index in [1.807, 2.05) is 13.8 Å². The molecule has 0 bridgehead atoms. The van der Waals surface area contributed by atoms with E-state index in [-0.39, 0.29) is 6.10 Å². The van der Waals surface area contributed by atoms with E-state index in [4.69, 9.17) is 4.74 Å². The van der Waals surface area contributed by atoms with Crippen molar-refractivity contribution in [3.63, 3.8) is 0 Å². The Balaban J connectivity index is 2.26. The highest BCUT2D eigenvalue weighted by molar-refractivity contribution is 5.29. The fraction of sp³-hybridized carbons (Fsp3) is 0.357. The Morgan fingerprint density at radius 1 is 1.26 bits per heavy atom. The van der Waals surface area contributed by atoms with Crippen LogP contribution in [0.4, 0.5) is 0 Å². The summed E-state index contributed by atoms with van der Waals surface area (Å²) in [5, 5.41) is 10.3. The number of nitrogens with zero attached hydrogens (tertiary/aromatic N) is 3. The van der Waals surface area contributed by atoms with Crippen LogP contribution in [0.1, 0.15) is 37.0 Å². The van der Waals surface area contributed by atoms with Crippen LogP contribution in [0.3, 0.4) is 0 Å². The lowest BCUT2D eigenvalue weighted by atomic mass is 10.1. The van der Waals surface area contributed by atoms with Crippen molar-refractivity contribution in [3.8, 4) is 5.75 Å². The Hall–Kier alpha value is -2.01. The highest BCUT2D eigenvalue weighted by Crippen LogP contribution is 2.23. The first-order valence-electron chi connectivity index (χ1n) is 6.15. The van der Waals surface area contributed by atoms with Crippen LogP contribution in [-0.2, 0) is 0 Å². The number of hydrogen-bond acceptors (Lipinski definition) is 5. The van der Waals surface area contributed by atoms with Crippen LogP contribution in [0.15, 0.2) is 30.7 Å². The van der Waals surface area contributed by atoms with Crippen molar-refractivity contribution in [2.24, 2.45) is 0 Å². The highest BCUT2D eigenvalue weighted by atomic mass is 16.5. The van der Waals surface area contributed by atoms with Gasteiger partial charge in [-0.1, -0.05) is 0 Å². The number of pyridine rings is 1. The molecule has 2 aromatic heterocycles. The van der Waals surface area contributed by atoms with Crippen molar-refractivity contribution >= 4 is 0 Å². The molecule has 19 heavy (non-hydrogen) atoms. The van der Waals surface area contributed by atoms with Crippen molar-refractivity contribution in [2.45, 2.75) is 33.0 Å². The molecule has 2 aromatic rings. The molecule has 5 nitrogen and oxygen atoms in total. The molecule has 0 spiro atoms. The quantitative estimate of drug-likeness (QED) is 0.910. The summed E-state index contributed by atoms with van der Waals surface area (Å²) in [6.45, 7) is 5.67. The maximum atomic E-state index is 10.3. The monoisotopic (exact) mass is 259 g/mol. The smallest absolute Gasteiger partial charge is 0.138 e. The molecule has 100 valence electrons. The summed E-state index contributed by atoms with van der Waals surface area (Å²) in [6, 6.07) is 3.46. The molecule has 1 unspecified atom stereocenters. The van der Waals surface area contributed by atoms with Gasteiger partial charge in [0, 0.05) is 18.0 Å². The van der Waals surface area contributed by atoms with Crippen LogP contribution in [0, 0.1) is 6.92 Å². The standard InChI is InChI=1S/C14H17N3O2/c1-9(2)19-12-6-11(7-15-8-12)14(18)13-4-5-16-10(3)17-13/h4-9,14,18H,1-3H3. The van der Waals surface area contributed by atoms with Crippen LogP contribution in [-0.4, -0.2) is 26.2 Å². The summed E-state index contributed by atoms with van der Waals surface area (Å²) in [4.78, 5) is 12.3. The van der Waals surface area contributed by atoms with E-state index in [0.29, 0.717) is 22.8 Å². The Morgan fingerprint density at radius 2 is 2.05 bits per heavy atom. The first-order chi connectivity index (χ1) is 9.06. The van der Waals surface area contributed by atoms with Gasteiger partial charge >= 0.3 is 0 Å². The van der Waals surface area contributed by atoms with E-state index in [0.717, 1.165) is 0 Å². The minimum absolute atomic E-state index is 0.0653. The lowest BCUT2D eigenvalue weighted by Crippen LogP contribution is -2.08. The second-order valence-electron chi connectivity index (χ2n) is 4.55. The number of hydrogen-bond donors (Lipinski definition) is 1. The van der Waals surface area contributed by atoms with Gasteiger partial charge in [-0.3, -0.25) is 4.98 Å². The zero-order chi connectivity index (χ0) is 13.8. The number of rotatable bonds is 4. The first-order valence-corrected chi connectivity index (χ1v) is 6.15. The number of aliphatic hydroxyl groups is 1. The fourth-order valence-corrected chi connectivity index (χ4v) is 1.72. The third-order valence-electron chi connectivity index (χ3n) is 2.50. The van der Waals surface area contributed by atoms with Gasteiger partial charge < -0.3 is 9.84 Å². The van der Waals surface area contributed by atoms with Gasteiger partial charge in [-0.15, -0.1) is 0 Å². The molecule has 1 atom stereocenters. The van der Waals surface area contributed by atoms with Gasteiger partial charge in [0.2, 0.25) is 0 Å². The normalized spacial score (nSPS) is 12.5. The lowest BCUT2D eigenvalue weighted by molar-refractivity contribution is 0.211. The van der Waals surface area contributed by atoms with Crippen LogP contribution in [0.25, 0.3) is 0 Å². The van der Waals surface area contributed by atoms with E-state index in [1.54, 1.807) is 37.6 Å². The van der Waals surface area contributed by atoms with Crippen LogP contribution < -0.4 is 4.74 Å². The summed E-state index contributed by atoms with van der Waals surface area (Å²) >= 11 is 0. The van der Waals surface area contributed by atoms with Crippen molar-refractivity contribution in [2.75, 3.05) is 0 Å². The fourth-order valence-electron chi connectivity index (χ4n) is 1.72. The molecule has 0 amide bonds. The number of aliphatic hydroxyl groups excluding tert-OH is 1. The summed E-state index contributed by atoms with van der Waals surface area (Å²) in [7, 11) is 0. The maximum Gasteiger partial charge on any atom is 0.138 e. The van der Waals surface area contributed by atoms with Crippen LogP contribution in [0.2, 0.25) is 0 Å². The summed E-state index contributed by atoms with van der Waals surface area (Å²) in [5.41, 5.74) is 1.20. The third-order valence-corrected chi connectivity index (χ3v) is 2.50. The first kappa shape index (κ1) is 13.4. The van der Waals surface area contributed by atoms with Crippen LogP contribution in [0.5, 0.6) is 5.75 Å². The predicted molar refractivity (Wildman–Crippen MR) is 70.8 cm³/mol. The van der Waals surface area contributed by atoms with Crippen molar-refractivity contribution in [3.05, 3.63) is 47.8 Å². The minimum atomic E-state index is -0.829. The molecule has 0 aromatic carbocycles. The molecule has 0 aliphatic heterocycles. The minimum Gasteiger partial charge on any atom is -0.489 e. The Morgan fingerprint density at radius 3 is 2.74 bits per heavy atom. The molecule has 2 heterocycles. The van der Waals surface area contributed by atoms with Gasteiger partial charge in [-0.05, 0) is 32.9 Å².